The minimum absolute atomic E-state index is 0.654. The Morgan fingerprint density at radius 1 is 1.50 bits per heavy atom. The molecule has 68 valence electrons. The summed E-state index contributed by atoms with van der Waals surface area (Å²) in [6, 6.07) is 0.654. The Bertz CT molecular complexity index is 198. The maximum absolute atomic E-state index is 2.46. The van der Waals surface area contributed by atoms with Gasteiger partial charge in [0.2, 0.25) is 6.85 Å². The lowest BCUT2D eigenvalue weighted by molar-refractivity contribution is 0.470. The van der Waals surface area contributed by atoms with E-state index in [9.17, 15) is 0 Å². The number of likely N-dealkylation sites (N-methyl/N-ethyl adjacent to an activating group) is 1. The lowest BCUT2D eigenvalue weighted by Gasteiger charge is -2.20. The van der Waals surface area contributed by atoms with Crippen molar-refractivity contribution in [2.75, 3.05) is 7.05 Å². The van der Waals surface area contributed by atoms with E-state index in [1.54, 1.807) is 11.0 Å². The fourth-order valence-corrected chi connectivity index (χ4v) is 2.16. The van der Waals surface area contributed by atoms with Crippen LogP contribution in [0.1, 0.15) is 33.6 Å². The zero-order valence-electron chi connectivity index (χ0n) is 9.02. The molecule has 0 aromatic heterocycles. The molecule has 0 fully saturated rings. The minimum Gasteiger partial charge on any atom is -0.335 e. The summed E-state index contributed by atoms with van der Waals surface area (Å²) in [6.07, 6.45) is 2.55. The van der Waals surface area contributed by atoms with Crippen LogP contribution in [0.5, 0.6) is 0 Å². The Balaban J connectivity index is 2.80. The quantitative estimate of drug-likeness (QED) is 0.568. The van der Waals surface area contributed by atoms with Gasteiger partial charge in [-0.2, -0.15) is 0 Å². The number of allylic oxidation sites excluding steroid dienone is 1. The molecule has 1 aliphatic heterocycles. The van der Waals surface area contributed by atoms with Crippen molar-refractivity contribution < 1.29 is 0 Å². The van der Waals surface area contributed by atoms with Gasteiger partial charge in [-0.1, -0.05) is 31.2 Å². The van der Waals surface area contributed by atoms with Crippen LogP contribution >= 0.6 is 0 Å². The molecule has 1 unspecified atom stereocenters. The van der Waals surface area contributed by atoms with E-state index in [1.807, 2.05) is 0 Å². The van der Waals surface area contributed by atoms with E-state index in [-0.39, 0.29) is 0 Å². The van der Waals surface area contributed by atoms with Gasteiger partial charge in [0.15, 0.2) is 0 Å². The van der Waals surface area contributed by atoms with Gasteiger partial charge in [-0.25, -0.2) is 0 Å². The molecule has 0 amide bonds. The molecule has 0 aromatic rings. The molecule has 0 aliphatic carbocycles. The fourth-order valence-electron chi connectivity index (χ4n) is 2.16. The Labute approximate surface area is 76.9 Å². The summed E-state index contributed by atoms with van der Waals surface area (Å²) in [5.74, 6) is 0. The van der Waals surface area contributed by atoms with Gasteiger partial charge >= 0.3 is 0 Å². The fraction of sp³-hybridized carbons (Fsp3) is 0.800. The van der Waals surface area contributed by atoms with Gasteiger partial charge in [-0.3, -0.25) is 0 Å². The van der Waals surface area contributed by atoms with Gasteiger partial charge in [-0.05, 0) is 27.3 Å². The van der Waals surface area contributed by atoms with Gasteiger partial charge in [0.25, 0.3) is 0 Å². The first-order chi connectivity index (χ1) is 5.59. The van der Waals surface area contributed by atoms with Crippen molar-refractivity contribution in [3.05, 3.63) is 11.0 Å². The van der Waals surface area contributed by atoms with Crippen LogP contribution in [0.4, 0.5) is 0 Å². The molecule has 0 aromatic carbocycles. The van der Waals surface area contributed by atoms with Crippen LogP contribution in [0.15, 0.2) is 11.0 Å². The van der Waals surface area contributed by atoms with Crippen LogP contribution in [-0.4, -0.2) is 24.7 Å². The summed E-state index contributed by atoms with van der Waals surface area (Å²) < 4.78 is 0. The molecule has 0 spiro atoms. The molecular formula is C10H20BN. The first kappa shape index (κ1) is 9.85. The maximum Gasteiger partial charge on any atom is 0.250 e. The van der Waals surface area contributed by atoms with Crippen molar-refractivity contribution in [1.29, 1.82) is 0 Å². The second-order valence-electron chi connectivity index (χ2n) is 3.98. The Morgan fingerprint density at radius 2 is 2.08 bits per heavy atom. The van der Waals surface area contributed by atoms with Gasteiger partial charge in [0.1, 0.15) is 0 Å². The summed E-state index contributed by atoms with van der Waals surface area (Å²) in [5, 5.41) is 0. The topological polar surface area (TPSA) is 3.24 Å². The van der Waals surface area contributed by atoms with Crippen molar-refractivity contribution in [3.63, 3.8) is 0 Å². The largest absolute Gasteiger partial charge is 0.335 e. The molecule has 2 heteroatoms. The maximum atomic E-state index is 2.46. The average molecular weight is 165 g/mol. The number of nitrogens with zero attached hydrogens (tertiary/aromatic N) is 1. The highest BCUT2D eigenvalue weighted by Crippen LogP contribution is 2.28. The summed E-state index contributed by atoms with van der Waals surface area (Å²) >= 11 is 0. The van der Waals surface area contributed by atoms with Crippen molar-refractivity contribution in [1.82, 2.24) is 4.81 Å². The third-order valence-corrected chi connectivity index (χ3v) is 3.38. The first-order valence-electron chi connectivity index (χ1n) is 5.01. The number of hydrogen-bond acceptors (Lipinski definition) is 1. The Morgan fingerprint density at radius 3 is 2.42 bits per heavy atom. The molecular weight excluding hydrogens is 145 g/mol. The molecule has 1 rings (SSSR count). The van der Waals surface area contributed by atoms with Crippen LogP contribution in [0.2, 0.25) is 6.82 Å². The van der Waals surface area contributed by atoms with Crippen LogP contribution < -0.4 is 0 Å². The first-order valence-corrected chi connectivity index (χ1v) is 5.01. The van der Waals surface area contributed by atoms with E-state index >= 15 is 0 Å². The van der Waals surface area contributed by atoms with Crippen molar-refractivity contribution in [3.8, 4) is 0 Å². The Hall–Kier alpha value is -0.235. The summed E-state index contributed by atoms with van der Waals surface area (Å²) in [4.78, 5) is 2.46. The Kier molecular flexibility index (Phi) is 3.00. The third-order valence-electron chi connectivity index (χ3n) is 3.38. The monoisotopic (exact) mass is 165 g/mol. The zero-order valence-corrected chi connectivity index (χ0v) is 9.02. The van der Waals surface area contributed by atoms with Gasteiger partial charge in [0, 0.05) is 6.04 Å². The average Bonchev–Trinajstić information content (AvgIpc) is 2.23. The smallest absolute Gasteiger partial charge is 0.250 e. The molecule has 0 radical (unpaired) electrons. The number of hydrogen-bond donors (Lipinski definition) is 0. The highest BCUT2D eigenvalue weighted by atomic mass is 15.1. The summed E-state index contributed by atoms with van der Waals surface area (Å²) in [6.45, 7) is 9.83. The third kappa shape index (κ3) is 1.45. The van der Waals surface area contributed by atoms with Crippen LogP contribution in [-0.2, 0) is 0 Å². The number of rotatable bonds is 2. The van der Waals surface area contributed by atoms with E-state index in [0.717, 1.165) is 0 Å². The van der Waals surface area contributed by atoms with Crippen molar-refractivity contribution >= 4 is 6.85 Å². The predicted octanol–water partition coefficient (Wildman–Crippen LogP) is 2.60. The molecule has 0 saturated heterocycles. The van der Waals surface area contributed by atoms with Gasteiger partial charge < -0.3 is 4.81 Å². The van der Waals surface area contributed by atoms with E-state index in [1.165, 1.54) is 12.8 Å². The second-order valence-corrected chi connectivity index (χ2v) is 3.98. The van der Waals surface area contributed by atoms with E-state index < -0.39 is 0 Å². The molecule has 12 heavy (non-hydrogen) atoms. The lowest BCUT2D eigenvalue weighted by atomic mass is 9.56. The predicted molar refractivity (Wildman–Crippen MR) is 56.5 cm³/mol. The zero-order chi connectivity index (χ0) is 9.30. The second kappa shape index (κ2) is 3.65. The molecule has 0 saturated carbocycles. The highest BCUT2D eigenvalue weighted by Gasteiger charge is 2.32. The highest BCUT2D eigenvalue weighted by molar-refractivity contribution is 6.63. The van der Waals surface area contributed by atoms with Crippen LogP contribution in [0.3, 0.4) is 0 Å². The van der Waals surface area contributed by atoms with E-state index in [0.29, 0.717) is 12.9 Å². The molecule has 0 bridgehead atoms. The molecule has 1 atom stereocenters. The van der Waals surface area contributed by atoms with Crippen LogP contribution in [0.25, 0.3) is 0 Å². The van der Waals surface area contributed by atoms with Crippen LogP contribution in [0, 0.1) is 0 Å². The normalized spacial score (nSPS) is 25.8. The van der Waals surface area contributed by atoms with Gasteiger partial charge in [-0.15, -0.1) is 0 Å². The molecule has 1 nitrogen and oxygen atoms in total. The molecule has 0 N–H and O–H groups in total. The molecule has 1 heterocycles. The van der Waals surface area contributed by atoms with Crippen molar-refractivity contribution in [2.45, 2.75) is 46.5 Å². The van der Waals surface area contributed by atoms with E-state index in [2.05, 4.69) is 39.5 Å². The van der Waals surface area contributed by atoms with Crippen molar-refractivity contribution in [2.24, 2.45) is 0 Å². The lowest BCUT2D eigenvalue weighted by Crippen LogP contribution is -2.34. The summed E-state index contributed by atoms with van der Waals surface area (Å²) in [5.41, 5.74) is 3.28. The molecule has 1 aliphatic rings. The summed E-state index contributed by atoms with van der Waals surface area (Å²) in [7, 11) is 2.22. The van der Waals surface area contributed by atoms with Gasteiger partial charge in [0.05, 0.1) is 0 Å². The standard InChI is InChI=1S/C10H20BN/c1-6-7-10-8(2)9(3)12(5)11(10)4/h9H,6-7H2,1-5H3. The SMILES string of the molecule is CCCC1=C(C)C(C)N(C)B1C. The minimum atomic E-state index is 0.654. The van der Waals surface area contributed by atoms with E-state index in [4.69, 9.17) is 0 Å².